The van der Waals surface area contributed by atoms with E-state index >= 15 is 0 Å². The molecule has 1 saturated heterocycles. The Bertz CT molecular complexity index is 708. The predicted octanol–water partition coefficient (Wildman–Crippen LogP) is 2.22. The highest BCUT2D eigenvalue weighted by Crippen LogP contribution is 2.38. The number of carbonyl (C=O) groups is 3. The van der Waals surface area contributed by atoms with Crippen LogP contribution in [0.2, 0.25) is 0 Å². The summed E-state index contributed by atoms with van der Waals surface area (Å²) in [7, 11) is 0. The van der Waals surface area contributed by atoms with Gasteiger partial charge in [0.2, 0.25) is 11.8 Å². The molecule has 26 heavy (non-hydrogen) atoms. The van der Waals surface area contributed by atoms with E-state index in [1.165, 1.54) is 0 Å². The fraction of sp³-hybridized carbons (Fsp3) is 0.550. The van der Waals surface area contributed by atoms with E-state index in [0.717, 1.165) is 6.42 Å². The standard InChI is InChI=1S/C20H27N3O3/c1-13(2)19(25)22-7-9-23(10-8-22)20(26)15-5-4-6-16(12-15)21-18(24)17-11-14(17)3/h4-6,12-14,17H,7-11H2,1-3H3,(H,21,24). The third-order valence-corrected chi connectivity index (χ3v) is 5.20. The number of nitrogens with zero attached hydrogens (tertiary/aromatic N) is 2. The van der Waals surface area contributed by atoms with Gasteiger partial charge in [0.05, 0.1) is 0 Å². The zero-order valence-corrected chi connectivity index (χ0v) is 15.7. The molecule has 3 rings (SSSR count). The van der Waals surface area contributed by atoms with Crippen molar-refractivity contribution in [2.75, 3.05) is 31.5 Å². The fourth-order valence-electron chi connectivity index (χ4n) is 3.33. The Morgan fingerprint density at radius 3 is 2.27 bits per heavy atom. The molecule has 0 radical (unpaired) electrons. The van der Waals surface area contributed by atoms with Gasteiger partial charge < -0.3 is 15.1 Å². The largest absolute Gasteiger partial charge is 0.339 e. The Kier molecular flexibility index (Phi) is 5.30. The molecule has 6 heteroatoms. The maximum absolute atomic E-state index is 12.8. The molecule has 1 saturated carbocycles. The highest BCUT2D eigenvalue weighted by atomic mass is 16.2. The van der Waals surface area contributed by atoms with Crippen molar-refractivity contribution < 1.29 is 14.4 Å². The summed E-state index contributed by atoms with van der Waals surface area (Å²) in [6.45, 7) is 8.05. The Balaban J connectivity index is 1.59. The first-order valence-electron chi connectivity index (χ1n) is 9.36. The number of carbonyl (C=O) groups excluding carboxylic acids is 3. The minimum Gasteiger partial charge on any atom is -0.339 e. The Labute approximate surface area is 154 Å². The smallest absolute Gasteiger partial charge is 0.254 e. The first kappa shape index (κ1) is 18.4. The van der Waals surface area contributed by atoms with Crippen molar-refractivity contribution in [3.63, 3.8) is 0 Å². The number of piperazine rings is 1. The van der Waals surface area contributed by atoms with Gasteiger partial charge in [0, 0.05) is 49.3 Å². The second kappa shape index (κ2) is 7.48. The van der Waals surface area contributed by atoms with Crippen molar-refractivity contribution in [1.82, 2.24) is 9.80 Å². The van der Waals surface area contributed by atoms with Gasteiger partial charge in [0.15, 0.2) is 0 Å². The SMILES string of the molecule is CC(C)C(=O)N1CCN(C(=O)c2cccc(NC(=O)C3CC3C)c2)CC1. The number of benzene rings is 1. The van der Waals surface area contributed by atoms with E-state index in [4.69, 9.17) is 0 Å². The van der Waals surface area contributed by atoms with Crippen molar-refractivity contribution in [3.05, 3.63) is 29.8 Å². The van der Waals surface area contributed by atoms with Gasteiger partial charge in [-0.2, -0.15) is 0 Å². The highest BCUT2D eigenvalue weighted by Gasteiger charge is 2.39. The summed E-state index contributed by atoms with van der Waals surface area (Å²) in [5.74, 6) is 0.633. The van der Waals surface area contributed by atoms with Crippen LogP contribution in [0.25, 0.3) is 0 Å². The molecule has 0 aromatic heterocycles. The van der Waals surface area contributed by atoms with Gasteiger partial charge in [-0.25, -0.2) is 0 Å². The molecular weight excluding hydrogens is 330 g/mol. The normalized spacial score (nSPS) is 22.3. The molecular formula is C20H27N3O3. The number of rotatable bonds is 4. The van der Waals surface area contributed by atoms with E-state index in [-0.39, 0.29) is 29.6 Å². The summed E-state index contributed by atoms with van der Waals surface area (Å²) < 4.78 is 0. The Morgan fingerprint density at radius 2 is 1.69 bits per heavy atom. The van der Waals surface area contributed by atoms with Gasteiger partial charge in [0.25, 0.3) is 5.91 Å². The molecule has 0 spiro atoms. The average Bonchev–Trinajstić information content (AvgIpc) is 3.37. The summed E-state index contributed by atoms with van der Waals surface area (Å²) in [6.07, 6.45) is 0.934. The van der Waals surface area contributed by atoms with Crippen LogP contribution in [0.3, 0.4) is 0 Å². The van der Waals surface area contributed by atoms with Crippen molar-refractivity contribution in [2.45, 2.75) is 27.2 Å². The maximum Gasteiger partial charge on any atom is 0.254 e. The molecule has 1 N–H and O–H groups in total. The summed E-state index contributed by atoms with van der Waals surface area (Å²) in [5.41, 5.74) is 1.23. The van der Waals surface area contributed by atoms with Crippen LogP contribution in [0.5, 0.6) is 0 Å². The van der Waals surface area contributed by atoms with E-state index in [1.807, 2.05) is 18.7 Å². The van der Waals surface area contributed by atoms with Gasteiger partial charge in [-0.05, 0) is 30.5 Å². The van der Waals surface area contributed by atoms with E-state index in [1.54, 1.807) is 29.2 Å². The lowest BCUT2D eigenvalue weighted by Gasteiger charge is -2.35. The van der Waals surface area contributed by atoms with Crippen LogP contribution in [0, 0.1) is 17.8 Å². The molecule has 1 aromatic carbocycles. The molecule has 2 atom stereocenters. The average molecular weight is 357 g/mol. The summed E-state index contributed by atoms with van der Waals surface area (Å²) in [4.78, 5) is 40.5. The molecule has 0 bridgehead atoms. The highest BCUT2D eigenvalue weighted by molar-refractivity contribution is 5.98. The Morgan fingerprint density at radius 1 is 1.08 bits per heavy atom. The monoisotopic (exact) mass is 357 g/mol. The van der Waals surface area contributed by atoms with E-state index in [2.05, 4.69) is 12.2 Å². The van der Waals surface area contributed by atoms with E-state index < -0.39 is 0 Å². The second-order valence-electron chi connectivity index (χ2n) is 7.66. The van der Waals surface area contributed by atoms with Crippen LogP contribution in [0.1, 0.15) is 37.6 Å². The predicted molar refractivity (Wildman–Crippen MR) is 99.7 cm³/mol. The van der Waals surface area contributed by atoms with Crippen LogP contribution in [-0.2, 0) is 9.59 Å². The third kappa shape index (κ3) is 4.06. The molecule has 1 aromatic rings. The van der Waals surface area contributed by atoms with Crippen LogP contribution >= 0.6 is 0 Å². The van der Waals surface area contributed by atoms with Gasteiger partial charge in [0.1, 0.15) is 0 Å². The van der Waals surface area contributed by atoms with Crippen molar-refractivity contribution in [1.29, 1.82) is 0 Å². The molecule has 1 aliphatic carbocycles. The maximum atomic E-state index is 12.8. The zero-order chi connectivity index (χ0) is 18.8. The molecule has 2 unspecified atom stereocenters. The van der Waals surface area contributed by atoms with E-state index in [9.17, 15) is 14.4 Å². The van der Waals surface area contributed by atoms with Gasteiger partial charge in [-0.15, -0.1) is 0 Å². The quantitative estimate of drug-likeness (QED) is 0.898. The fourth-order valence-corrected chi connectivity index (χ4v) is 3.33. The number of hydrogen-bond acceptors (Lipinski definition) is 3. The molecule has 3 amide bonds. The van der Waals surface area contributed by atoms with Gasteiger partial charge >= 0.3 is 0 Å². The number of amides is 3. The topological polar surface area (TPSA) is 69.7 Å². The molecule has 2 fully saturated rings. The number of hydrogen-bond donors (Lipinski definition) is 1. The number of anilines is 1. The molecule has 1 aliphatic heterocycles. The molecule has 140 valence electrons. The van der Waals surface area contributed by atoms with Crippen LogP contribution in [-0.4, -0.2) is 53.7 Å². The van der Waals surface area contributed by atoms with Crippen LogP contribution in [0.15, 0.2) is 24.3 Å². The second-order valence-corrected chi connectivity index (χ2v) is 7.66. The van der Waals surface area contributed by atoms with Gasteiger partial charge in [-0.3, -0.25) is 14.4 Å². The van der Waals surface area contributed by atoms with Crippen LogP contribution in [0.4, 0.5) is 5.69 Å². The molecule has 2 aliphatic rings. The van der Waals surface area contributed by atoms with Crippen molar-refractivity contribution in [3.8, 4) is 0 Å². The molecule has 1 heterocycles. The molecule has 6 nitrogen and oxygen atoms in total. The first-order valence-corrected chi connectivity index (χ1v) is 9.36. The van der Waals surface area contributed by atoms with Crippen LogP contribution < -0.4 is 5.32 Å². The zero-order valence-electron chi connectivity index (χ0n) is 15.7. The summed E-state index contributed by atoms with van der Waals surface area (Å²) >= 11 is 0. The Hall–Kier alpha value is -2.37. The minimum atomic E-state index is -0.0578. The minimum absolute atomic E-state index is 0.0215. The van der Waals surface area contributed by atoms with Crippen molar-refractivity contribution >= 4 is 23.4 Å². The third-order valence-electron chi connectivity index (χ3n) is 5.20. The lowest BCUT2D eigenvalue weighted by molar-refractivity contribution is -0.135. The summed E-state index contributed by atoms with van der Waals surface area (Å²) in [5, 5.41) is 2.90. The lowest BCUT2D eigenvalue weighted by atomic mass is 10.1. The lowest BCUT2D eigenvalue weighted by Crippen LogP contribution is -2.51. The summed E-state index contributed by atoms with van der Waals surface area (Å²) in [6, 6.07) is 7.10. The van der Waals surface area contributed by atoms with Crippen molar-refractivity contribution in [2.24, 2.45) is 17.8 Å². The van der Waals surface area contributed by atoms with Gasteiger partial charge in [-0.1, -0.05) is 26.8 Å². The number of nitrogens with one attached hydrogen (secondary N) is 1. The first-order chi connectivity index (χ1) is 12.4. The van der Waals surface area contributed by atoms with E-state index in [0.29, 0.717) is 43.3 Å².